The number of amidine groups is 1. The van der Waals surface area contributed by atoms with Gasteiger partial charge < -0.3 is 4.90 Å². The third kappa shape index (κ3) is 1.53. The lowest BCUT2D eigenvalue weighted by atomic mass is 10.1. The van der Waals surface area contributed by atoms with Crippen molar-refractivity contribution in [2.75, 3.05) is 12.8 Å². The van der Waals surface area contributed by atoms with Crippen LogP contribution in [-0.2, 0) is 0 Å². The summed E-state index contributed by atoms with van der Waals surface area (Å²) in [7, 11) is 0. The van der Waals surface area contributed by atoms with E-state index in [4.69, 9.17) is 5.26 Å². The van der Waals surface area contributed by atoms with Crippen LogP contribution in [0.5, 0.6) is 0 Å². The van der Waals surface area contributed by atoms with E-state index in [1.165, 1.54) is 19.3 Å². The van der Waals surface area contributed by atoms with Gasteiger partial charge in [0.05, 0.1) is 0 Å². The van der Waals surface area contributed by atoms with E-state index in [-0.39, 0.29) is 0 Å². The molecule has 0 aromatic heterocycles. The molecule has 0 spiro atoms. The fourth-order valence-corrected chi connectivity index (χ4v) is 3.02. The minimum Gasteiger partial charge on any atom is -0.347 e. The summed E-state index contributed by atoms with van der Waals surface area (Å²) in [4.78, 5) is 6.16. The normalized spacial score (nSPS) is 32.3. The van der Waals surface area contributed by atoms with E-state index < -0.39 is 0 Å². The molecular formula is C9H13N3S. The predicted molar refractivity (Wildman–Crippen MR) is 54.4 cm³/mol. The van der Waals surface area contributed by atoms with Gasteiger partial charge in [0, 0.05) is 12.6 Å². The second-order valence-corrected chi connectivity index (χ2v) is 4.46. The number of rotatable bonds is 0. The average molecular weight is 195 g/mol. The number of fused-ring (bicyclic) bond motifs is 2. The maximum atomic E-state index is 8.52. The molecule has 0 N–H and O–H groups in total. The number of thioether (sulfide) groups is 1. The molecule has 1 aliphatic heterocycles. The fraction of sp³-hybridized carbons (Fsp3) is 0.778. The summed E-state index contributed by atoms with van der Waals surface area (Å²) in [5.41, 5.74) is 0. The zero-order valence-corrected chi connectivity index (χ0v) is 8.55. The minimum absolute atomic E-state index is 0.671. The summed E-state index contributed by atoms with van der Waals surface area (Å²) < 4.78 is 0. The number of hydrogen-bond donors (Lipinski definition) is 0. The SMILES string of the molecule is CSC(=NC#N)N1CC2CCC1C2. The monoisotopic (exact) mass is 195 g/mol. The molecule has 2 atom stereocenters. The molecule has 70 valence electrons. The second kappa shape index (κ2) is 3.59. The Kier molecular flexibility index (Phi) is 2.45. The Labute approximate surface area is 82.8 Å². The van der Waals surface area contributed by atoms with Gasteiger partial charge in [0.15, 0.2) is 5.17 Å². The van der Waals surface area contributed by atoms with E-state index in [9.17, 15) is 0 Å². The lowest BCUT2D eigenvalue weighted by Crippen LogP contribution is -2.35. The van der Waals surface area contributed by atoms with Crippen molar-refractivity contribution in [1.82, 2.24) is 4.90 Å². The topological polar surface area (TPSA) is 39.4 Å². The van der Waals surface area contributed by atoms with Crippen molar-refractivity contribution < 1.29 is 0 Å². The summed E-state index contributed by atoms with van der Waals surface area (Å²) in [6.45, 7) is 1.12. The van der Waals surface area contributed by atoms with Gasteiger partial charge in [0.2, 0.25) is 6.19 Å². The molecule has 1 saturated carbocycles. The minimum atomic E-state index is 0.671. The molecule has 0 radical (unpaired) electrons. The highest BCUT2D eigenvalue weighted by Crippen LogP contribution is 2.38. The van der Waals surface area contributed by atoms with Crippen LogP contribution < -0.4 is 0 Å². The third-order valence-corrected chi connectivity index (χ3v) is 3.67. The van der Waals surface area contributed by atoms with Gasteiger partial charge in [-0.3, -0.25) is 0 Å². The number of nitrogens with zero attached hydrogens (tertiary/aromatic N) is 3. The molecule has 2 aliphatic rings. The highest BCUT2D eigenvalue weighted by Gasteiger charge is 2.39. The molecule has 0 amide bonds. The highest BCUT2D eigenvalue weighted by molar-refractivity contribution is 8.13. The average Bonchev–Trinajstić information content (AvgIpc) is 2.74. The zero-order chi connectivity index (χ0) is 9.26. The molecule has 0 aromatic carbocycles. The van der Waals surface area contributed by atoms with Crippen molar-refractivity contribution in [1.29, 1.82) is 5.26 Å². The number of piperidine rings is 1. The van der Waals surface area contributed by atoms with Gasteiger partial charge in [-0.05, 0) is 31.4 Å². The van der Waals surface area contributed by atoms with Gasteiger partial charge in [0.1, 0.15) is 0 Å². The first-order chi connectivity index (χ1) is 6.35. The Morgan fingerprint density at radius 2 is 2.46 bits per heavy atom. The van der Waals surface area contributed by atoms with Crippen LogP contribution in [0.15, 0.2) is 4.99 Å². The highest BCUT2D eigenvalue weighted by atomic mass is 32.2. The van der Waals surface area contributed by atoms with E-state index in [0.29, 0.717) is 6.04 Å². The first-order valence-electron chi connectivity index (χ1n) is 4.62. The first-order valence-corrected chi connectivity index (χ1v) is 5.85. The van der Waals surface area contributed by atoms with Gasteiger partial charge in [-0.1, -0.05) is 11.8 Å². The smallest absolute Gasteiger partial charge is 0.208 e. The maximum absolute atomic E-state index is 8.52. The molecule has 4 heteroatoms. The number of likely N-dealkylation sites (tertiary alicyclic amines) is 1. The molecule has 0 aromatic rings. The van der Waals surface area contributed by atoms with Crippen LogP contribution in [0, 0.1) is 17.4 Å². The van der Waals surface area contributed by atoms with Gasteiger partial charge in [-0.2, -0.15) is 5.26 Å². The molecule has 2 fully saturated rings. The standard InChI is InChI=1S/C9H13N3S/c1-13-9(11-6-10)12-5-7-2-3-8(12)4-7/h7-8H,2-5H2,1H3. The molecule has 3 nitrogen and oxygen atoms in total. The lowest BCUT2D eigenvalue weighted by Gasteiger charge is -2.28. The number of aliphatic imine (C=N–C) groups is 1. The molecule has 1 aliphatic carbocycles. The molecule has 13 heavy (non-hydrogen) atoms. The molecule has 1 heterocycles. The third-order valence-electron chi connectivity index (χ3n) is 2.98. The van der Waals surface area contributed by atoms with E-state index in [2.05, 4.69) is 9.89 Å². The maximum Gasteiger partial charge on any atom is 0.208 e. The van der Waals surface area contributed by atoms with Crippen molar-refractivity contribution >= 4 is 16.9 Å². The van der Waals surface area contributed by atoms with Crippen LogP contribution in [-0.4, -0.2) is 28.9 Å². The quantitative estimate of drug-likeness (QED) is 0.335. The van der Waals surface area contributed by atoms with Crippen LogP contribution in [0.3, 0.4) is 0 Å². The lowest BCUT2D eigenvalue weighted by molar-refractivity contribution is 0.333. The van der Waals surface area contributed by atoms with Crippen LogP contribution in [0.1, 0.15) is 19.3 Å². The van der Waals surface area contributed by atoms with Gasteiger partial charge >= 0.3 is 0 Å². The van der Waals surface area contributed by atoms with Gasteiger partial charge in [-0.15, -0.1) is 4.99 Å². The Balaban J connectivity index is 2.09. The Morgan fingerprint density at radius 1 is 1.62 bits per heavy atom. The summed E-state index contributed by atoms with van der Waals surface area (Å²) in [6.07, 6.45) is 7.84. The van der Waals surface area contributed by atoms with Gasteiger partial charge in [-0.25, -0.2) is 0 Å². The van der Waals surface area contributed by atoms with Crippen molar-refractivity contribution in [3.63, 3.8) is 0 Å². The summed E-state index contributed by atoms with van der Waals surface area (Å²) in [5.74, 6) is 0.862. The molecule has 1 saturated heterocycles. The largest absolute Gasteiger partial charge is 0.347 e. The van der Waals surface area contributed by atoms with Crippen molar-refractivity contribution in [2.45, 2.75) is 25.3 Å². The summed E-state index contributed by atoms with van der Waals surface area (Å²) in [6, 6.07) is 0.671. The Bertz CT molecular complexity index is 269. The fourth-order valence-electron chi connectivity index (χ4n) is 2.43. The van der Waals surface area contributed by atoms with Gasteiger partial charge in [0.25, 0.3) is 0 Å². The Morgan fingerprint density at radius 3 is 2.92 bits per heavy atom. The molecule has 2 rings (SSSR count). The summed E-state index contributed by atoms with van der Waals surface area (Å²) in [5, 5.41) is 9.43. The van der Waals surface area contributed by atoms with Crippen LogP contribution in [0.25, 0.3) is 0 Å². The number of nitriles is 1. The van der Waals surface area contributed by atoms with Crippen molar-refractivity contribution in [3.8, 4) is 6.19 Å². The van der Waals surface area contributed by atoms with Crippen molar-refractivity contribution in [3.05, 3.63) is 0 Å². The van der Waals surface area contributed by atoms with Crippen LogP contribution in [0.2, 0.25) is 0 Å². The second-order valence-electron chi connectivity index (χ2n) is 3.68. The predicted octanol–water partition coefficient (Wildman–Crippen LogP) is 1.67. The summed E-state index contributed by atoms with van der Waals surface area (Å²) >= 11 is 1.58. The van der Waals surface area contributed by atoms with E-state index in [0.717, 1.165) is 17.6 Å². The first kappa shape index (κ1) is 8.89. The molecule has 2 bridgehead atoms. The molecular weight excluding hydrogens is 182 g/mol. The van der Waals surface area contributed by atoms with Crippen LogP contribution in [0.4, 0.5) is 0 Å². The van der Waals surface area contributed by atoms with Crippen molar-refractivity contribution in [2.24, 2.45) is 10.9 Å². The molecule has 2 unspecified atom stereocenters. The zero-order valence-electron chi connectivity index (χ0n) is 7.73. The number of hydrogen-bond acceptors (Lipinski definition) is 3. The van der Waals surface area contributed by atoms with E-state index >= 15 is 0 Å². The van der Waals surface area contributed by atoms with Crippen LogP contribution >= 0.6 is 11.8 Å². The van der Waals surface area contributed by atoms with E-state index in [1.54, 1.807) is 11.8 Å². The van der Waals surface area contributed by atoms with E-state index in [1.807, 2.05) is 12.4 Å². The Hall–Kier alpha value is -0.690.